The molecule has 1 aromatic heterocycles. The molecule has 2 N–H and O–H groups in total. The number of amides is 1. The van der Waals surface area contributed by atoms with E-state index in [4.69, 9.17) is 5.11 Å². The molecule has 74 valence electrons. The van der Waals surface area contributed by atoms with E-state index in [2.05, 4.69) is 10.1 Å². The molecule has 1 heterocycles. The summed E-state index contributed by atoms with van der Waals surface area (Å²) in [6, 6.07) is 3.57. The van der Waals surface area contributed by atoms with Gasteiger partial charge in [-0.05, 0) is 18.6 Å². The minimum Gasteiger partial charge on any atom is -0.464 e. The zero-order chi connectivity index (χ0) is 10.4. The third-order valence-corrected chi connectivity index (χ3v) is 1.63. The number of rotatable bonds is 3. The van der Waals surface area contributed by atoms with Crippen molar-refractivity contribution in [3.05, 3.63) is 30.1 Å². The zero-order valence-electron chi connectivity index (χ0n) is 7.77. The number of nitrogens with zero attached hydrogens (tertiary/aromatic N) is 2. The Balaban J connectivity index is 2.82. The van der Waals surface area contributed by atoms with Crippen molar-refractivity contribution in [3.63, 3.8) is 0 Å². The highest BCUT2D eigenvalue weighted by molar-refractivity contribution is 6.00. The van der Waals surface area contributed by atoms with Crippen LogP contribution in [0.5, 0.6) is 0 Å². The van der Waals surface area contributed by atoms with Crippen LogP contribution in [0.3, 0.4) is 0 Å². The molecule has 0 saturated heterocycles. The van der Waals surface area contributed by atoms with Crippen LogP contribution < -0.4 is 5.43 Å². The second kappa shape index (κ2) is 4.96. The molecule has 5 heteroatoms. The van der Waals surface area contributed by atoms with E-state index in [9.17, 15) is 4.79 Å². The zero-order valence-corrected chi connectivity index (χ0v) is 7.77. The van der Waals surface area contributed by atoms with E-state index in [0.29, 0.717) is 12.1 Å². The molecule has 0 saturated carbocycles. The minimum absolute atomic E-state index is 0.657. The fourth-order valence-electron chi connectivity index (χ4n) is 1.01. The number of pyridine rings is 1. The Bertz CT molecular complexity index is 335. The minimum atomic E-state index is -1.16. The number of hydrogen-bond acceptors (Lipinski definition) is 3. The van der Waals surface area contributed by atoms with E-state index in [1.807, 2.05) is 12.3 Å². The number of nitrogens with one attached hydrogen (secondary N) is 1. The third kappa shape index (κ3) is 2.85. The van der Waals surface area contributed by atoms with Crippen molar-refractivity contribution in [2.75, 3.05) is 0 Å². The van der Waals surface area contributed by atoms with Gasteiger partial charge < -0.3 is 5.11 Å². The van der Waals surface area contributed by atoms with Crippen LogP contribution in [0.15, 0.2) is 29.6 Å². The van der Waals surface area contributed by atoms with Gasteiger partial charge in [0.1, 0.15) is 0 Å². The Labute approximate surface area is 81.5 Å². The maximum atomic E-state index is 10.2. The van der Waals surface area contributed by atoms with Gasteiger partial charge in [-0.3, -0.25) is 4.98 Å². The molecule has 1 amide bonds. The molecule has 0 spiro atoms. The average Bonchev–Trinajstić information content (AvgIpc) is 2.20. The highest BCUT2D eigenvalue weighted by atomic mass is 16.4. The number of carboxylic acid groups (broad SMARTS) is 1. The average molecular weight is 193 g/mol. The van der Waals surface area contributed by atoms with Crippen LogP contribution in [-0.2, 0) is 0 Å². The topological polar surface area (TPSA) is 74.6 Å². The quantitative estimate of drug-likeness (QED) is 0.563. The van der Waals surface area contributed by atoms with Gasteiger partial charge in [0, 0.05) is 18.0 Å². The summed E-state index contributed by atoms with van der Waals surface area (Å²) >= 11 is 0. The monoisotopic (exact) mass is 193 g/mol. The van der Waals surface area contributed by atoms with Crippen molar-refractivity contribution in [1.82, 2.24) is 10.4 Å². The molecule has 0 bridgehead atoms. The van der Waals surface area contributed by atoms with Crippen molar-refractivity contribution < 1.29 is 9.90 Å². The second-order valence-corrected chi connectivity index (χ2v) is 2.56. The van der Waals surface area contributed by atoms with Crippen molar-refractivity contribution in [2.45, 2.75) is 13.3 Å². The number of hydrogen-bond donors (Lipinski definition) is 2. The summed E-state index contributed by atoms with van der Waals surface area (Å²) in [6.07, 6.45) is 2.78. The van der Waals surface area contributed by atoms with Gasteiger partial charge in [-0.15, -0.1) is 0 Å². The van der Waals surface area contributed by atoms with E-state index in [1.165, 1.54) is 0 Å². The third-order valence-electron chi connectivity index (χ3n) is 1.63. The Morgan fingerprint density at radius 2 is 2.21 bits per heavy atom. The summed E-state index contributed by atoms with van der Waals surface area (Å²) in [5.74, 6) is 0. The molecule has 0 aliphatic rings. The molecule has 0 aromatic carbocycles. The van der Waals surface area contributed by atoms with Crippen LogP contribution >= 0.6 is 0 Å². The van der Waals surface area contributed by atoms with E-state index in [0.717, 1.165) is 5.56 Å². The lowest BCUT2D eigenvalue weighted by atomic mass is 10.1. The first-order valence-electron chi connectivity index (χ1n) is 4.20. The van der Waals surface area contributed by atoms with Crippen LogP contribution in [0.25, 0.3) is 0 Å². The molecule has 0 radical (unpaired) electrons. The van der Waals surface area contributed by atoms with Crippen LogP contribution in [0.4, 0.5) is 4.79 Å². The normalized spacial score (nSPS) is 11.1. The lowest BCUT2D eigenvalue weighted by molar-refractivity contribution is 0.195. The van der Waals surface area contributed by atoms with Gasteiger partial charge in [0.05, 0.1) is 5.71 Å². The maximum Gasteiger partial charge on any atom is 0.425 e. The Morgan fingerprint density at radius 3 is 2.71 bits per heavy atom. The van der Waals surface area contributed by atoms with Gasteiger partial charge in [0.25, 0.3) is 0 Å². The molecule has 0 fully saturated rings. The molecule has 1 aromatic rings. The predicted molar refractivity (Wildman–Crippen MR) is 52.2 cm³/mol. The van der Waals surface area contributed by atoms with Gasteiger partial charge in [-0.25, -0.2) is 10.2 Å². The Morgan fingerprint density at radius 1 is 1.57 bits per heavy atom. The number of hydrazone groups is 1. The highest BCUT2D eigenvalue weighted by Crippen LogP contribution is 2.01. The lowest BCUT2D eigenvalue weighted by Gasteiger charge is -2.02. The van der Waals surface area contributed by atoms with E-state index >= 15 is 0 Å². The molecule has 5 nitrogen and oxygen atoms in total. The molecule has 14 heavy (non-hydrogen) atoms. The maximum absolute atomic E-state index is 10.2. The van der Waals surface area contributed by atoms with Crippen molar-refractivity contribution in [2.24, 2.45) is 5.10 Å². The van der Waals surface area contributed by atoms with Crippen molar-refractivity contribution in [3.8, 4) is 0 Å². The molecular formula is C9H11N3O2. The lowest BCUT2D eigenvalue weighted by Crippen LogP contribution is -2.17. The summed E-state index contributed by atoms with van der Waals surface area (Å²) < 4.78 is 0. The Hall–Kier alpha value is -1.91. The van der Waals surface area contributed by atoms with Crippen molar-refractivity contribution >= 4 is 11.8 Å². The van der Waals surface area contributed by atoms with Crippen molar-refractivity contribution in [1.29, 1.82) is 0 Å². The second-order valence-electron chi connectivity index (χ2n) is 2.56. The molecular weight excluding hydrogens is 182 g/mol. The predicted octanol–water partition coefficient (Wildman–Crippen LogP) is 1.46. The first kappa shape index (κ1) is 10.2. The van der Waals surface area contributed by atoms with Crippen LogP contribution in [0.2, 0.25) is 0 Å². The van der Waals surface area contributed by atoms with Crippen LogP contribution in [-0.4, -0.2) is 21.9 Å². The summed E-state index contributed by atoms with van der Waals surface area (Å²) in [5, 5.41) is 12.1. The first-order valence-corrected chi connectivity index (χ1v) is 4.20. The van der Waals surface area contributed by atoms with Crippen LogP contribution in [0, 0.1) is 0 Å². The van der Waals surface area contributed by atoms with E-state index in [-0.39, 0.29) is 0 Å². The van der Waals surface area contributed by atoms with Gasteiger partial charge in [-0.1, -0.05) is 6.92 Å². The van der Waals surface area contributed by atoms with E-state index < -0.39 is 6.09 Å². The fraction of sp³-hybridized carbons (Fsp3) is 0.222. The van der Waals surface area contributed by atoms with Crippen LogP contribution in [0.1, 0.15) is 18.9 Å². The van der Waals surface area contributed by atoms with Gasteiger partial charge >= 0.3 is 6.09 Å². The SMILES string of the molecule is CC/C(=N/NC(=O)O)c1ccncc1. The standard InChI is InChI=1S/C9H11N3O2/c1-2-8(11-12-9(13)14)7-3-5-10-6-4-7/h3-6,12H,2H2,1H3,(H,13,14)/b11-8-. The number of carbonyl (C=O) groups is 1. The molecule has 0 aliphatic carbocycles. The molecule has 0 aliphatic heterocycles. The highest BCUT2D eigenvalue weighted by Gasteiger charge is 2.00. The Kier molecular flexibility index (Phi) is 3.60. The summed E-state index contributed by atoms with van der Waals surface area (Å²) in [4.78, 5) is 14.1. The largest absolute Gasteiger partial charge is 0.464 e. The number of aromatic nitrogens is 1. The molecule has 0 atom stereocenters. The smallest absolute Gasteiger partial charge is 0.425 e. The first-order chi connectivity index (χ1) is 6.74. The van der Waals surface area contributed by atoms with Gasteiger partial charge in [0.2, 0.25) is 0 Å². The van der Waals surface area contributed by atoms with Gasteiger partial charge in [0.15, 0.2) is 0 Å². The van der Waals surface area contributed by atoms with E-state index in [1.54, 1.807) is 24.5 Å². The summed E-state index contributed by atoms with van der Waals surface area (Å²) in [6.45, 7) is 1.91. The molecule has 0 unspecified atom stereocenters. The summed E-state index contributed by atoms with van der Waals surface area (Å²) in [5.41, 5.74) is 3.54. The van der Waals surface area contributed by atoms with Gasteiger partial charge in [-0.2, -0.15) is 5.10 Å². The summed E-state index contributed by atoms with van der Waals surface area (Å²) in [7, 11) is 0. The fourth-order valence-corrected chi connectivity index (χ4v) is 1.01. The molecule has 1 rings (SSSR count).